The van der Waals surface area contributed by atoms with Gasteiger partial charge in [0.25, 0.3) is 0 Å². The van der Waals surface area contributed by atoms with Gasteiger partial charge in [-0.15, -0.1) is 0 Å². The van der Waals surface area contributed by atoms with Gasteiger partial charge in [-0.3, -0.25) is 0 Å². The first kappa shape index (κ1) is 17.4. The molecule has 1 aromatic carbocycles. The topological polar surface area (TPSA) is 44.5 Å². The van der Waals surface area contributed by atoms with Crippen LogP contribution in [0.1, 0.15) is 6.42 Å². The van der Waals surface area contributed by atoms with Gasteiger partial charge >= 0.3 is 12.4 Å². The van der Waals surface area contributed by atoms with E-state index >= 15 is 0 Å². The highest BCUT2D eigenvalue weighted by Crippen LogP contribution is 2.35. The number of nitrogens with two attached hydrogens (primary N) is 1. The Morgan fingerprint density at radius 3 is 1.90 bits per heavy atom. The van der Waals surface area contributed by atoms with Crippen molar-refractivity contribution in [2.45, 2.75) is 24.9 Å². The van der Waals surface area contributed by atoms with Crippen molar-refractivity contribution in [1.29, 1.82) is 0 Å². The highest BCUT2D eigenvalue weighted by molar-refractivity contribution is 5.41. The number of benzene rings is 1. The van der Waals surface area contributed by atoms with Crippen LogP contribution in [0, 0.1) is 0 Å². The second-order valence-corrected chi connectivity index (χ2v) is 4.11. The SMILES string of the molecule is Nc1ccc(OCCCOC(C(F)(F)F)C(F)(F)F)cc1. The molecule has 0 heterocycles. The first-order valence-corrected chi connectivity index (χ1v) is 5.84. The van der Waals surface area contributed by atoms with Gasteiger partial charge in [0, 0.05) is 12.1 Å². The standard InChI is InChI=1S/C12H13F6NO2/c13-11(14,15)10(12(16,17)18)21-7-1-6-20-9-4-2-8(19)3-5-9/h2-5,10H,1,6-7,19H2. The van der Waals surface area contributed by atoms with Crippen LogP contribution in [0.5, 0.6) is 5.75 Å². The molecular formula is C12H13F6NO2. The first-order valence-electron chi connectivity index (χ1n) is 5.84. The van der Waals surface area contributed by atoms with Crippen LogP contribution in [0.2, 0.25) is 0 Å². The van der Waals surface area contributed by atoms with Crippen molar-refractivity contribution in [3.8, 4) is 5.75 Å². The fraction of sp³-hybridized carbons (Fsp3) is 0.500. The lowest BCUT2D eigenvalue weighted by atomic mass is 10.3. The molecule has 0 bridgehead atoms. The molecule has 2 N–H and O–H groups in total. The lowest BCUT2D eigenvalue weighted by Crippen LogP contribution is -2.44. The zero-order valence-electron chi connectivity index (χ0n) is 10.7. The Bertz CT molecular complexity index is 415. The Labute approximate surface area is 116 Å². The molecule has 0 aliphatic rings. The van der Waals surface area contributed by atoms with Crippen LogP contribution in [0.15, 0.2) is 24.3 Å². The van der Waals surface area contributed by atoms with Gasteiger partial charge in [0.15, 0.2) is 0 Å². The van der Waals surface area contributed by atoms with Crippen molar-refractivity contribution in [3.05, 3.63) is 24.3 Å². The summed E-state index contributed by atoms with van der Waals surface area (Å²) in [4.78, 5) is 0. The van der Waals surface area contributed by atoms with E-state index in [9.17, 15) is 26.3 Å². The van der Waals surface area contributed by atoms with E-state index in [0.29, 0.717) is 11.4 Å². The second-order valence-electron chi connectivity index (χ2n) is 4.11. The molecule has 1 aromatic rings. The molecule has 0 unspecified atom stereocenters. The smallest absolute Gasteiger partial charge is 0.423 e. The molecule has 0 saturated heterocycles. The third-order valence-corrected chi connectivity index (χ3v) is 2.32. The van der Waals surface area contributed by atoms with E-state index in [1.807, 2.05) is 0 Å². The lowest BCUT2D eigenvalue weighted by Gasteiger charge is -2.23. The van der Waals surface area contributed by atoms with Crippen molar-refractivity contribution < 1.29 is 35.8 Å². The van der Waals surface area contributed by atoms with Crippen LogP contribution in [-0.4, -0.2) is 31.7 Å². The average Bonchev–Trinajstić information content (AvgIpc) is 2.32. The minimum atomic E-state index is -5.49. The molecule has 0 aromatic heterocycles. The van der Waals surface area contributed by atoms with Crippen LogP contribution < -0.4 is 10.5 Å². The number of ether oxygens (including phenoxy) is 2. The Morgan fingerprint density at radius 1 is 0.905 bits per heavy atom. The van der Waals surface area contributed by atoms with Crippen LogP contribution in [0.4, 0.5) is 32.0 Å². The van der Waals surface area contributed by atoms with E-state index in [-0.39, 0.29) is 13.0 Å². The van der Waals surface area contributed by atoms with Gasteiger partial charge in [0.05, 0.1) is 13.2 Å². The Hall–Kier alpha value is -1.64. The third-order valence-electron chi connectivity index (χ3n) is 2.32. The largest absolute Gasteiger partial charge is 0.494 e. The van der Waals surface area contributed by atoms with Crippen molar-refractivity contribution in [3.63, 3.8) is 0 Å². The minimum Gasteiger partial charge on any atom is -0.494 e. The molecule has 0 radical (unpaired) electrons. The van der Waals surface area contributed by atoms with E-state index in [2.05, 4.69) is 4.74 Å². The van der Waals surface area contributed by atoms with Gasteiger partial charge < -0.3 is 15.2 Å². The van der Waals surface area contributed by atoms with E-state index in [1.165, 1.54) is 12.1 Å². The summed E-state index contributed by atoms with van der Waals surface area (Å²) in [6.07, 6.45) is -14.9. The summed E-state index contributed by atoms with van der Waals surface area (Å²) in [5.74, 6) is 0.410. The fourth-order valence-electron chi connectivity index (χ4n) is 1.39. The van der Waals surface area contributed by atoms with Gasteiger partial charge in [-0.25, -0.2) is 0 Å². The Kier molecular flexibility index (Phi) is 5.70. The summed E-state index contributed by atoms with van der Waals surface area (Å²) >= 11 is 0. The van der Waals surface area contributed by atoms with Gasteiger partial charge in [-0.05, 0) is 24.3 Å². The normalized spacial score (nSPS) is 12.7. The Balaban J connectivity index is 2.33. The van der Waals surface area contributed by atoms with E-state index in [1.54, 1.807) is 12.1 Å². The van der Waals surface area contributed by atoms with Crippen molar-refractivity contribution in [2.24, 2.45) is 0 Å². The molecule has 1 rings (SSSR count). The molecule has 0 spiro atoms. The molecule has 0 fully saturated rings. The summed E-state index contributed by atoms with van der Waals surface area (Å²) in [6.45, 7) is -0.801. The van der Waals surface area contributed by atoms with Crippen LogP contribution in [-0.2, 0) is 4.74 Å². The molecule has 0 aliphatic carbocycles. The van der Waals surface area contributed by atoms with Gasteiger partial charge in [-0.1, -0.05) is 0 Å². The fourth-order valence-corrected chi connectivity index (χ4v) is 1.39. The summed E-state index contributed by atoms with van der Waals surface area (Å²) in [5.41, 5.74) is 5.93. The summed E-state index contributed by atoms with van der Waals surface area (Å²) in [6, 6.07) is 6.17. The number of hydrogen-bond donors (Lipinski definition) is 1. The van der Waals surface area contributed by atoms with E-state index in [4.69, 9.17) is 10.5 Å². The number of hydrogen-bond acceptors (Lipinski definition) is 3. The third kappa shape index (κ3) is 6.11. The molecule has 0 aliphatic heterocycles. The van der Waals surface area contributed by atoms with Crippen LogP contribution >= 0.6 is 0 Å². The number of nitrogen functional groups attached to an aromatic ring is 1. The molecule has 0 saturated carbocycles. The molecule has 9 heteroatoms. The van der Waals surface area contributed by atoms with E-state index in [0.717, 1.165) is 0 Å². The van der Waals surface area contributed by atoms with Gasteiger partial charge in [-0.2, -0.15) is 26.3 Å². The molecule has 21 heavy (non-hydrogen) atoms. The monoisotopic (exact) mass is 317 g/mol. The lowest BCUT2D eigenvalue weighted by molar-refractivity contribution is -0.322. The zero-order chi connectivity index (χ0) is 16.1. The van der Waals surface area contributed by atoms with Gasteiger partial charge in [0.2, 0.25) is 6.10 Å². The van der Waals surface area contributed by atoms with Crippen molar-refractivity contribution >= 4 is 5.69 Å². The van der Waals surface area contributed by atoms with Crippen LogP contribution in [0.3, 0.4) is 0 Å². The summed E-state index contributed by atoms with van der Waals surface area (Å²) < 4.78 is 81.8. The Morgan fingerprint density at radius 2 is 1.43 bits per heavy atom. The highest BCUT2D eigenvalue weighted by atomic mass is 19.4. The minimum absolute atomic E-state index is 0.0770. The maximum Gasteiger partial charge on any atom is 0.423 e. The quantitative estimate of drug-likeness (QED) is 0.496. The molecule has 3 nitrogen and oxygen atoms in total. The average molecular weight is 317 g/mol. The molecule has 0 amide bonds. The maximum atomic E-state index is 12.1. The van der Waals surface area contributed by atoms with Gasteiger partial charge in [0.1, 0.15) is 5.75 Å². The number of rotatable bonds is 6. The summed E-state index contributed by atoms with van der Waals surface area (Å²) in [7, 11) is 0. The van der Waals surface area contributed by atoms with Crippen molar-refractivity contribution in [2.75, 3.05) is 18.9 Å². The predicted molar refractivity (Wildman–Crippen MR) is 62.8 cm³/mol. The maximum absolute atomic E-state index is 12.1. The predicted octanol–water partition coefficient (Wildman–Crippen LogP) is 3.55. The zero-order valence-corrected chi connectivity index (χ0v) is 10.7. The molecular weight excluding hydrogens is 304 g/mol. The van der Waals surface area contributed by atoms with Crippen molar-refractivity contribution in [1.82, 2.24) is 0 Å². The summed E-state index contributed by atoms with van der Waals surface area (Å²) in [5, 5.41) is 0. The number of anilines is 1. The number of halogens is 6. The van der Waals surface area contributed by atoms with Crippen LogP contribution in [0.25, 0.3) is 0 Å². The highest BCUT2D eigenvalue weighted by Gasteiger charge is 2.57. The molecule has 120 valence electrons. The number of alkyl halides is 6. The van der Waals surface area contributed by atoms with E-state index < -0.39 is 25.1 Å². The second kappa shape index (κ2) is 6.88. The molecule has 0 atom stereocenters. The first-order chi connectivity index (χ1) is 9.60.